The van der Waals surface area contributed by atoms with Crippen LogP contribution in [0.4, 0.5) is 0 Å². The summed E-state index contributed by atoms with van der Waals surface area (Å²) in [4.78, 5) is 4.51. The maximum Gasteiger partial charge on any atom is 0.118 e. The van der Waals surface area contributed by atoms with Crippen molar-refractivity contribution in [1.82, 2.24) is 10.3 Å². The lowest BCUT2D eigenvalue weighted by Crippen LogP contribution is -2.08. The topological polar surface area (TPSA) is 43.4 Å². The molecule has 0 unspecified atom stereocenters. The summed E-state index contributed by atoms with van der Waals surface area (Å²) in [6.07, 6.45) is 0. The molecule has 0 spiro atoms. The molecule has 0 aliphatic heterocycles. The maximum atomic E-state index is 5.69. The summed E-state index contributed by atoms with van der Waals surface area (Å²) in [6.45, 7) is 1.86. The Morgan fingerprint density at radius 3 is 2.45 bits per heavy atom. The lowest BCUT2D eigenvalue weighted by Gasteiger charge is -2.07. The highest BCUT2D eigenvalue weighted by Crippen LogP contribution is 2.12. The van der Waals surface area contributed by atoms with E-state index in [2.05, 4.69) is 10.3 Å². The number of nitrogens with one attached hydrogen (secondary N) is 1. The number of aromatic nitrogens is 1. The van der Waals surface area contributed by atoms with Gasteiger partial charge in [-0.15, -0.1) is 0 Å². The first-order chi connectivity index (χ1) is 9.81. The molecule has 0 bridgehead atoms. The van der Waals surface area contributed by atoms with E-state index in [9.17, 15) is 0 Å². The van der Waals surface area contributed by atoms with E-state index in [0.717, 1.165) is 29.2 Å². The summed E-state index contributed by atoms with van der Waals surface area (Å²) in [5, 5.41) is 3.09. The molecule has 0 aliphatic rings. The van der Waals surface area contributed by atoms with Crippen molar-refractivity contribution in [3.8, 4) is 5.75 Å². The van der Waals surface area contributed by atoms with Crippen LogP contribution in [0.2, 0.25) is 0 Å². The van der Waals surface area contributed by atoms with E-state index < -0.39 is 0 Å². The van der Waals surface area contributed by atoms with E-state index in [1.54, 1.807) is 7.11 Å². The highest BCUT2D eigenvalue weighted by Gasteiger charge is 1.99. The molecule has 1 aromatic carbocycles. The molecule has 0 saturated carbocycles. The number of rotatable bonds is 7. The molecule has 0 saturated heterocycles. The van der Waals surface area contributed by atoms with E-state index in [1.807, 2.05) is 49.5 Å². The van der Waals surface area contributed by atoms with Crippen molar-refractivity contribution in [1.29, 1.82) is 0 Å². The average Bonchev–Trinajstić information content (AvgIpc) is 2.49. The molecule has 1 heterocycles. The van der Waals surface area contributed by atoms with Gasteiger partial charge >= 0.3 is 0 Å². The summed E-state index contributed by atoms with van der Waals surface area (Å²) in [5.74, 6) is 0.857. The Bertz CT molecular complexity index is 526. The number of nitrogens with zero attached hydrogens (tertiary/aromatic N) is 1. The van der Waals surface area contributed by atoms with Crippen LogP contribution in [-0.2, 0) is 24.5 Å². The Morgan fingerprint density at radius 2 is 1.75 bits per heavy atom. The highest BCUT2D eigenvalue weighted by molar-refractivity contribution is 5.26. The third kappa shape index (κ3) is 4.33. The first-order valence-electron chi connectivity index (χ1n) is 6.62. The molecule has 1 aromatic heterocycles. The van der Waals surface area contributed by atoms with Gasteiger partial charge < -0.3 is 14.8 Å². The van der Waals surface area contributed by atoms with E-state index in [0.29, 0.717) is 13.2 Å². The molecule has 0 fully saturated rings. The van der Waals surface area contributed by atoms with Gasteiger partial charge in [0, 0.05) is 6.54 Å². The van der Waals surface area contributed by atoms with Gasteiger partial charge in [0.2, 0.25) is 0 Å². The molecule has 1 N–H and O–H groups in total. The summed E-state index contributed by atoms with van der Waals surface area (Å²) in [6, 6.07) is 13.9. The normalized spacial score (nSPS) is 10.5. The summed E-state index contributed by atoms with van der Waals surface area (Å²) < 4.78 is 10.8. The van der Waals surface area contributed by atoms with Crippen LogP contribution in [0, 0.1) is 0 Å². The van der Waals surface area contributed by atoms with Crippen molar-refractivity contribution in [3.63, 3.8) is 0 Å². The smallest absolute Gasteiger partial charge is 0.118 e. The molecule has 2 aromatic rings. The molecule has 4 heteroatoms. The van der Waals surface area contributed by atoms with Gasteiger partial charge in [-0.3, -0.25) is 4.98 Å². The van der Waals surface area contributed by atoms with E-state index >= 15 is 0 Å². The third-order valence-electron chi connectivity index (χ3n) is 2.90. The van der Waals surface area contributed by atoms with Gasteiger partial charge in [-0.1, -0.05) is 18.2 Å². The summed E-state index contributed by atoms with van der Waals surface area (Å²) in [7, 11) is 3.57. The van der Waals surface area contributed by atoms with Crippen LogP contribution in [-0.4, -0.2) is 19.1 Å². The molecular formula is C16H20N2O2. The largest absolute Gasteiger partial charge is 0.497 e. The second kappa shape index (κ2) is 7.62. The lowest BCUT2D eigenvalue weighted by molar-refractivity contribution is 0.104. The fourth-order valence-corrected chi connectivity index (χ4v) is 1.88. The Morgan fingerprint density at radius 1 is 1.00 bits per heavy atom. The van der Waals surface area contributed by atoms with Crippen molar-refractivity contribution in [2.75, 3.05) is 14.2 Å². The van der Waals surface area contributed by atoms with Crippen LogP contribution in [0.5, 0.6) is 5.75 Å². The predicted molar refractivity (Wildman–Crippen MR) is 78.5 cm³/mol. The van der Waals surface area contributed by atoms with Gasteiger partial charge in [-0.25, -0.2) is 0 Å². The van der Waals surface area contributed by atoms with Crippen LogP contribution in [0.15, 0.2) is 42.5 Å². The minimum Gasteiger partial charge on any atom is -0.497 e. The number of pyridine rings is 1. The summed E-state index contributed by atoms with van der Waals surface area (Å²) in [5.41, 5.74) is 3.10. The number of ether oxygens (including phenoxy) is 2. The zero-order chi connectivity index (χ0) is 14.2. The molecule has 0 aliphatic carbocycles. The zero-order valence-corrected chi connectivity index (χ0v) is 11.9. The van der Waals surface area contributed by atoms with Crippen molar-refractivity contribution in [2.45, 2.75) is 19.8 Å². The monoisotopic (exact) mass is 272 g/mol. The van der Waals surface area contributed by atoms with Crippen molar-refractivity contribution < 1.29 is 9.47 Å². The average molecular weight is 272 g/mol. The van der Waals surface area contributed by atoms with Gasteiger partial charge in [-0.05, 0) is 36.9 Å². The Labute approximate surface area is 119 Å². The molecule has 4 nitrogen and oxygen atoms in total. The van der Waals surface area contributed by atoms with E-state index in [1.165, 1.54) is 0 Å². The molecule has 106 valence electrons. The fourth-order valence-electron chi connectivity index (χ4n) is 1.88. The van der Waals surface area contributed by atoms with Crippen molar-refractivity contribution >= 4 is 0 Å². The first kappa shape index (κ1) is 14.5. The lowest BCUT2D eigenvalue weighted by atomic mass is 10.2. The highest BCUT2D eigenvalue weighted by atomic mass is 16.5. The second-order valence-electron chi connectivity index (χ2n) is 4.49. The second-order valence-corrected chi connectivity index (χ2v) is 4.49. The zero-order valence-electron chi connectivity index (χ0n) is 11.9. The number of benzene rings is 1. The number of methoxy groups -OCH3 is 1. The standard InChI is InChI=1S/C16H20N2O2/c1-17-10-14-4-3-5-15(18-14)12-20-11-13-6-8-16(19-2)9-7-13/h3-9,17H,10-12H2,1-2H3. The molecule has 20 heavy (non-hydrogen) atoms. The third-order valence-corrected chi connectivity index (χ3v) is 2.90. The minimum absolute atomic E-state index is 0.517. The minimum atomic E-state index is 0.517. The van der Waals surface area contributed by atoms with Gasteiger partial charge in [0.05, 0.1) is 31.7 Å². The summed E-state index contributed by atoms with van der Waals surface area (Å²) >= 11 is 0. The molecule has 0 atom stereocenters. The Balaban J connectivity index is 1.84. The quantitative estimate of drug-likeness (QED) is 0.841. The van der Waals surface area contributed by atoms with Crippen LogP contribution in [0.3, 0.4) is 0 Å². The van der Waals surface area contributed by atoms with Crippen LogP contribution in [0.25, 0.3) is 0 Å². The number of hydrogen-bond donors (Lipinski definition) is 1. The molecule has 0 amide bonds. The molecular weight excluding hydrogens is 252 g/mol. The SMILES string of the molecule is CNCc1cccc(COCc2ccc(OC)cc2)n1. The Kier molecular flexibility index (Phi) is 5.53. The van der Waals surface area contributed by atoms with E-state index in [-0.39, 0.29) is 0 Å². The first-order valence-corrected chi connectivity index (χ1v) is 6.62. The molecule has 0 radical (unpaired) electrons. The molecule has 2 rings (SSSR count). The maximum absolute atomic E-state index is 5.69. The van der Waals surface area contributed by atoms with Gasteiger partial charge in [-0.2, -0.15) is 0 Å². The van der Waals surface area contributed by atoms with Gasteiger partial charge in [0.15, 0.2) is 0 Å². The van der Waals surface area contributed by atoms with Gasteiger partial charge in [0.25, 0.3) is 0 Å². The van der Waals surface area contributed by atoms with Crippen LogP contribution >= 0.6 is 0 Å². The van der Waals surface area contributed by atoms with Crippen LogP contribution in [0.1, 0.15) is 17.0 Å². The fraction of sp³-hybridized carbons (Fsp3) is 0.312. The number of hydrogen-bond acceptors (Lipinski definition) is 4. The predicted octanol–water partition coefficient (Wildman–Crippen LogP) is 2.53. The van der Waals surface area contributed by atoms with Crippen molar-refractivity contribution in [3.05, 3.63) is 59.4 Å². The van der Waals surface area contributed by atoms with E-state index in [4.69, 9.17) is 9.47 Å². The van der Waals surface area contributed by atoms with Crippen molar-refractivity contribution in [2.24, 2.45) is 0 Å². The van der Waals surface area contributed by atoms with Gasteiger partial charge in [0.1, 0.15) is 5.75 Å². The Hall–Kier alpha value is -1.91. The van der Waals surface area contributed by atoms with Crippen LogP contribution < -0.4 is 10.1 Å².